The average molecular weight is 262 g/mol. The lowest BCUT2D eigenvalue weighted by Gasteiger charge is -2.05. The fourth-order valence-electron chi connectivity index (χ4n) is 0.955. The molecule has 4 N–H and O–H groups in total. The molecule has 0 aliphatic carbocycles. The molecule has 0 heterocycles. The van der Waals surface area contributed by atoms with Crippen molar-refractivity contribution in [3.63, 3.8) is 0 Å². The summed E-state index contributed by atoms with van der Waals surface area (Å²) >= 11 is 3.13. The zero-order valence-corrected chi connectivity index (χ0v) is 9.01. The Bertz CT molecular complexity index is 354. The zero-order chi connectivity index (χ0) is 10.7. The number of halogens is 2. The molecule has 14 heavy (non-hydrogen) atoms. The first-order chi connectivity index (χ1) is 6.54. The van der Waals surface area contributed by atoms with Crippen LogP contribution in [-0.4, -0.2) is 13.1 Å². The highest BCUT2D eigenvalue weighted by atomic mass is 79.9. The molecule has 1 aromatic carbocycles. The van der Waals surface area contributed by atoms with Crippen molar-refractivity contribution in [2.45, 2.75) is 0 Å². The first-order valence-corrected chi connectivity index (χ1v) is 4.46. The fraction of sp³-hybridized carbons (Fsp3) is 0.125. The summed E-state index contributed by atoms with van der Waals surface area (Å²) in [6, 6.07) is 2.74. The van der Waals surface area contributed by atoms with Crippen molar-refractivity contribution in [2.75, 3.05) is 7.11 Å². The van der Waals surface area contributed by atoms with Gasteiger partial charge in [-0.05, 0) is 22.0 Å². The van der Waals surface area contributed by atoms with Crippen LogP contribution >= 0.6 is 15.9 Å². The summed E-state index contributed by atoms with van der Waals surface area (Å²) in [6.45, 7) is 0. The number of benzene rings is 1. The van der Waals surface area contributed by atoms with E-state index < -0.39 is 5.82 Å². The third-order valence-corrected chi connectivity index (χ3v) is 2.03. The van der Waals surface area contributed by atoms with Gasteiger partial charge in [-0.1, -0.05) is 0 Å². The molecule has 0 atom stereocenters. The molecule has 0 aliphatic heterocycles. The molecule has 76 valence electrons. The van der Waals surface area contributed by atoms with Gasteiger partial charge in [0.2, 0.25) is 0 Å². The van der Waals surface area contributed by atoms with Crippen molar-refractivity contribution in [3.05, 3.63) is 22.4 Å². The predicted molar refractivity (Wildman–Crippen MR) is 56.1 cm³/mol. The number of nitrogens with two attached hydrogens (primary N) is 2. The molecule has 0 saturated heterocycles. The lowest BCUT2D eigenvalue weighted by Crippen LogP contribution is -2.21. The SMILES string of the molecule is COc1c(F)cc(N=C(N)N)cc1Br. The maximum atomic E-state index is 13.3. The summed E-state index contributed by atoms with van der Waals surface area (Å²) < 4.78 is 18.5. The quantitative estimate of drug-likeness (QED) is 0.626. The van der Waals surface area contributed by atoms with Gasteiger partial charge in [0.15, 0.2) is 17.5 Å². The van der Waals surface area contributed by atoms with Crippen molar-refractivity contribution in [2.24, 2.45) is 16.5 Å². The van der Waals surface area contributed by atoms with E-state index in [0.717, 1.165) is 0 Å². The summed E-state index contributed by atoms with van der Waals surface area (Å²) in [5.41, 5.74) is 10.6. The predicted octanol–water partition coefficient (Wildman–Crippen LogP) is 1.50. The van der Waals surface area contributed by atoms with Crippen LogP contribution in [0.15, 0.2) is 21.6 Å². The topological polar surface area (TPSA) is 73.6 Å². The Morgan fingerprint density at radius 3 is 2.57 bits per heavy atom. The molecule has 0 fully saturated rings. The van der Waals surface area contributed by atoms with Crippen LogP contribution in [0, 0.1) is 5.82 Å². The first-order valence-electron chi connectivity index (χ1n) is 3.67. The van der Waals surface area contributed by atoms with Crippen molar-refractivity contribution < 1.29 is 9.13 Å². The lowest BCUT2D eigenvalue weighted by atomic mass is 10.3. The van der Waals surface area contributed by atoms with E-state index >= 15 is 0 Å². The molecule has 0 unspecified atom stereocenters. The number of rotatable bonds is 2. The molecule has 1 rings (SSSR count). The highest BCUT2D eigenvalue weighted by molar-refractivity contribution is 9.10. The van der Waals surface area contributed by atoms with E-state index in [1.807, 2.05) is 0 Å². The van der Waals surface area contributed by atoms with Crippen LogP contribution in [0.1, 0.15) is 0 Å². The first kappa shape index (κ1) is 10.8. The largest absolute Gasteiger partial charge is 0.492 e. The molecule has 0 saturated carbocycles. The van der Waals surface area contributed by atoms with Gasteiger partial charge in [0.05, 0.1) is 17.3 Å². The second kappa shape index (κ2) is 4.28. The number of methoxy groups -OCH3 is 1. The third kappa shape index (κ3) is 2.35. The van der Waals surface area contributed by atoms with Crippen LogP contribution in [0.3, 0.4) is 0 Å². The van der Waals surface area contributed by atoms with Crippen molar-refractivity contribution in [1.82, 2.24) is 0 Å². The van der Waals surface area contributed by atoms with Crippen molar-refractivity contribution >= 4 is 27.6 Å². The third-order valence-electron chi connectivity index (χ3n) is 1.45. The van der Waals surface area contributed by atoms with E-state index in [0.29, 0.717) is 10.2 Å². The maximum absolute atomic E-state index is 13.3. The Kier molecular flexibility index (Phi) is 3.29. The van der Waals surface area contributed by atoms with Gasteiger partial charge < -0.3 is 16.2 Å². The minimum absolute atomic E-state index is 0.124. The van der Waals surface area contributed by atoms with E-state index in [1.165, 1.54) is 13.2 Å². The molecular weight excluding hydrogens is 253 g/mol. The Labute approximate surface area is 88.9 Å². The summed E-state index contributed by atoms with van der Waals surface area (Å²) in [6.07, 6.45) is 0. The van der Waals surface area contributed by atoms with E-state index in [1.54, 1.807) is 6.07 Å². The number of nitrogens with zero attached hydrogens (tertiary/aromatic N) is 1. The van der Waals surface area contributed by atoms with Crippen LogP contribution in [0.2, 0.25) is 0 Å². The smallest absolute Gasteiger partial charge is 0.191 e. The Morgan fingerprint density at radius 1 is 1.50 bits per heavy atom. The molecule has 6 heteroatoms. The van der Waals surface area contributed by atoms with Gasteiger partial charge in [-0.2, -0.15) is 0 Å². The normalized spacial score (nSPS) is 9.64. The lowest BCUT2D eigenvalue weighted by molar-refractivity contribution is 0.384. The number of hydrogen-bond acceptors (Lipinski definition) is 2. The highest BCUT2D eigenvalue weighted by Crippen LogP contribution is 2.32. The Morgan fingerprint density at radius 2 is 2.14 bits per heavy atom. The Balaban J connectivity index is 3.21. The van der Waals surface area contributed by atoms with Gasteiger partial charge in [0, 0.05) is 6.07 Å². The second-order valence-electron chi connectivity index (χ2n) is 2.48. The van der Waals surface area contributed by atoms with Crippen LogP contribution in [0.5, 0.6) is 5.75 Å². The number of aliphatic imine (C=N–C) groups is 1. The molecule has 0 aromatic heterocycles. The van der Waals surface area contributed by atoms with Crippen molar-refractivity contribution in [3.8, 4) is 5.75 Å². The minimum Gasteiger partial charge on any atom is -0.492 e. The van der Waals surface area contributed by atoms with Crippen LogP contribution < -0.4 is 16.2 Å². The highest BCUT2D eigenvalue weighted by Gasteiger charge is 2.08. The number of hydrogen-bond donors (Lipinski definition) is 2. The molecule has 1 aromatic rings. The van der Waals surface area contributed by atoms with Gasteiger partial charge in [0.25, 0.3) is 0 Å². The van der Waals surface area contributed by atoms with Gasteiger partial charge in [0.1, 0.15) is 0 Å². The Hall–Kier alpha value is -1.30. The molecule has 0 radical (unpaired) electrons. The molecule has 4 nitrogen and oxygen atoms in total. The monoisotopic (exact) mass is 261 g/mol. The minimum atomic E-state index is -0.526. The second-order valence-corrected chi connectivity index (χ2v) is 3.33. The number of ether oxygens (including phenoxy) is 1. The van der Waals surface area contributed by atoms with E-state index in [-0.39, 0.29) is 11.7 Å². The molecule has 0 spiro atoms. The average Bonchev–Trinajstić information content (AvgIpc) is 2.01. The summed E-state index contributed by atoms with van der Waals surface area (Å²) in [7, 11) is 1.38. The van der Waals surface area contributed by atoms with E-state index in [2.05, 4.69) is 20.9 Å². The molecule has 0 amide bonds. The molecule has 0 aliphatic rings. The zero-order valence-electron chi connectivity index (χ0n) is 7.42. The van der Waals surface area contributed by atoms with Gasteiger partial charge in [-0.25, -0.2) is 9.38 Å². The van der Waals surface area contributed by atoms with Crippen LogP contribution in [0.25, 0.3) is 0 Å². The van der Waals surface area contributed by atoms with Gasteiger partial charge >= 0.3 is 0 Å². The standard InChI is InChI=1S/C8H9BrFN3O/c1-14-7-5(9)2-4(3-6(7)10)13-8(11)12/h2-3H,1H3,(H4,11,12,13). The molecular formula is C8H9BrFN3O. The maximum Gasteiger partial charge on any atom is 0.191 e. The summed E-state index contributed by atoms with van der Waals surface area (Å²) in [5.74, 6) is -0.525. The van der Waals surface area contributed by atoms with E-state index in [4.69, 9.17) is 16.2 Å². The van der Waals surface area contributed by atoms with E-state index in [9.17, 15) is 4.39 Å². The summed E-state index contributed by atoms with van der Waals surface area (Å²) in [4.78, 5) is 3.70. The van der Waals surface area contributed by atoms with Crippen LogP contribution in [-0.2, 0) is 0 Å². The number of guanidine groups is 1. The molecule has 0 bridgehead atoms. The summed E-state index contributed by atoms with van der Waals surface area (Å²) in [5, 5.41) is 0. The van der Waals surface area contributed by atoms with Gasteiger partial charge in [-0.15, -0.1) is 0 Å². The van der Waals surface area contributed by atoms with Crippen molar-refractivity contribution in [1.29, 1.82) is 0 Å². The van der Waals surface area contributed by atoms with Crippen LogP contribution in [0.4, 0.5) is 10.1 Å². The van der Waals surface area contributed by atoms with Gasteiger partial charge in [-0.3, -0.25) is 0 Å². The fourth-order valence-corrected chi connectivity index (χ4v) is 1.54.